The van der Waals surface area contributed by atoms with Crippen LogP contribution in [-0.2, 0) is 0 Å². The van der Waals surface area contributed by atoms with E-state index in [4.69, 9.17) is 14.4 Å². The van der Waals surface area contributed by atoms with Gasteiger partial charge >= 0.3 is 0 Å². The highest BCUT2D eigenvalue weighted by Gasteiger charge is 2.20. The third-order valence-corrected chi connectivity index (χ3v) is 8.89. The minimum absolute atomic E-state index is 0.634. The van der Waals surface area contributed by atoms with Gasteiger partial charge in [0.15, 0.2) is 5.82 Å². The van der Waals surface area contributed by atoms with Crippen LogP contribution in [0.5, 0.6) is 0 Å². The molecule has 0 radical (unpaired) electrons. The van der Waals surface area contributed by atoms with Crippen LogP contribution >= 0.6 is 0 Å². The molecule has 2 aromatic heterocycles. The van der Waals surface area contributed by atoms with E-state index in [0.717, 1.165) is 66.5 Å². The topological polar surface area (TPSA) is 38.9 Å². The Kier molecular flexibility index (Phi) is 6.46. The van der Waals surface area contributed by atoms with Crippen LogP contribution in [0.2, 0.25) is 0 Å². The summed E-state index contributed by atoms with van der Waals surface area (Å²) in [6, 6.07) is 59.0. The van der Waals surface area contributed by atoms with Gasteiger partial charge in [0.05, 0.1) is 17.0 Å². The van der Waals surface area contributed by atoms with Crippen LogP contribution < -0.4 is 0 Å². The molecule has 0 fully saturated rings. The molecule has 0 atom stereocenters. The lowest BCUT2D eigenvalue weighted by molar-refractivity contribution is 0.670. The number of hydrogen-bond acceptors (Lipinski definition) is 3. The Morgan fingerprint density at radius 3 is 1.57 bits per heavy atom. The van der Waals surface area contributed by atoms with Gasteiger partial charge in [0, 0.05) is 21.9 Å². The molecule has 0 aliphatic carbocycles. The van der Waals surface area contributed by atoms with Crippen LogP contribution in [0.15, 0.2) is 174 Å². The molecule has 0 unspecified atom stereocenters. The average molecular weight is 601 g/mol. The molecule has 0 saturated carbocycles. The summed E-state index contributed by atoms with van der Waals surface area (Å²) in [7, 11) is 0. The number of aromatic nitrogens is 2. The Morgan fingerprint density at radius 1 is 0.362 bits per heavy atom. The number of furan rings is 1. The fourth-order valence-electron chi connectivity index (χ4n) is 6.65. The van der Waals surface area contributed by atoms with Gasteiger partial charge in [0.2, 0.25) is 0 Å². The van der Waals surface area contributed by atoms with Crippen molar-refractivity contribution in [1.29, 1.82) is 0 Å². The zero-order valence-corrected chi connectivity index (χ0v) is 25.5. The van der Waals surface area contributed by atoms with Gasteiger partial charge in [-0.2, -0.15) is 0 Å². The minimum atomic E-state index is 0.634. The first-order valence-corrected chi connectivity index (χ1v) is 15.8. The van der Waals surface area contributed by atoms with Gasteiger partial charge in [-0.15, -0.1) is 0 Å². The van der Waals surface area contributed by atoms with Gasteiger partial charge in [-0.05, 0) is 57.3 Å². The Hall–Kier alpha value is -6.32. The highest BCUT2D eigenvalue weighted by molar-refractivity contribution is 6.23. The van der Waals surface area contributed by atoms with Crippen molar-refractivity contribution in [3.05, 3.63) is 170 Å². The summed E-state index contributed by atoms with van der Waals surface area (Å²) < 4.78 is 6.83. The molecule has 9 aromatic rings. The fourth-order valence-corrected chi connectivity index (χ4v) is 6.65. The zero-order valence-electron chi connectivity index (χ0n) is 25.5. The number of hydrogen-bond donors (Lipinski definition) is 0. The molecule has 47 heavy (non-hydrogen) atoms. The monoisotopic (exact) mass is 600 g/mol. The van der Waals surface area contributed by atoms with Gasteiger partial charge in [-0.25, -0.2) is 9.97 Å². The highest BCUT2D eigenvalue weighted by atomic mass is 16.3. The molecular formula is C44H28N2O. The Balaban J connectivity index is 1.28. The molecule has 0 bridgehead atoms. The molecule has 0 aliphatic rings. The van der Waals surface area contributed by atoms with E-state index in [1.54, 1.807) is 0 Å². The second kappa shape index (κ2) is 11.2. The molecule has 0 spiro atoms. The normalized spacial score (nSPS) is 11.4. The van der Waals surface area contributed by atoms with E-state index in [9.17, 15) is 0 Å². The van der Waals surface area contributed by atoms with E-state index in [1.165, 1.54) is 16.5 Å². The maximum absolute atomic E-state index is 6.83. The van der Waals surface area contributed by atoms with E-state index < -0.39 is 0 Å². The van der Waals surface area contributed by atoms with Crippen molar-refractivity contribution in [2.75, 3.05) is 0 Å². The van der Waals surface area contributed by atoms with Crippen molar-refractivity contribution in [1.82, 2.24) is 9.97 Å². The van der Waals surface area contributed by atoms with E-state index in [0.29, 0.717) is 5.82 Å². The van der Waals surface area contributed by atoms with Crippen molar-refractivity contribution >= 4 is 32.7 Å². The van der Waals surface area contributed by atoms with E-state index in [-0.39, 0.29) is 0 Å². The predicted molar refractivity (Wildman–Crippen MR) is 194 cm³/mol. The van der Waals surface area contributed by atoms with Crippen molar-refractivity contribution in [2.45, 2.75) is 0 Å². The van der Waals surface area contributed by atoms with Crippen LogP contribution in [0.4, 0.5) is 0 Å². The quantitative estimate of drug-likeness (QED) is 0.197. The summed E-state index contributed by atoms with van der Waals surface area (Å²) in [6.45, 7) is 0. The van der Waals surface area contributed by atoms with Crippen LogP contribution in [-0.4, -0.2) is 9.97 Å². The molecule has 3 nitrogen and oxygen atoms in total. The average Bonchev–Trinajstić information content (AvgIpc) is 3.54. The van der Waals surface area contributed by atoms with Crippen molar-refractivity contribution < 1.29 is 4.42 Å². The SMILES string of the molecule is c1ccc(-c2cccc(-c3cc4oc5c(-c6nc(-c7ccccc7)cc(-c7ccccc7)n6)cccc5c4c4ccccc34)c2)cc1. The number of rotatable bonds is 5. The molecule has 0 amide bonds. The van der Waals surface area contributed by atoms with E-state index >= 15 is 0 Å². The van der Waals surface area contributed by atoms with Crippen LogP contribution in [0, 0.1) is 0 Å². The maximum atomic E-state index is 6.83. The fraction of sp³-hybridized carbons (Fsp3) is 0. The smallest absolute Gasteiger partial charge is 0.164 e. The molecule has 220 valence electrons. The Bertz CT molecular complexity index is 2500. The molecule has 9 rings (SSSR count). The largest absolute Gasteiger partial charge is 0.455 e. The highest BCUT2D eigenvalue weighted by Crippen LogP contribution is 2.43. The first-order chi connectivity index (χ1) is 23.3. The van der Waals surface area contributed by atoms with E-state index in [1.807, 2.05) is 36.4 Å². The first kappa shape index (κ1) is 27.0. The molecular weight excluding hydrogens is 572 g/mol. The van der Waals surface area contributed by atoms with Gasteiger partial charge in [-0.3, -0.25) is 0 Å². The lowest BCUT2D eigenvalue weighted by Crippen LogP contribution is -1.96. The molecule has 2 heterocycles. The van der Waals surface area contributed by atoms with E-state index in [2.05, 4.69) is 133 Å². The number of nitrogens with zero attached hydrogens (tertiary/aromatic N) is 2. The van der Waals surface area contributed by atoms with Gasteiger partial charge in [0.25, 0.3) is 0 Å². The summed E-state index contributed by atoms with van der Waals surface area (Å²) in [4.78, 5) is 10.2. The van der Waals surface area contributed by atoms with Crippen LogP contribution in [0.3, 0.4) is 0 Å². The summed E-state index contributed by atoms with van der Waals surface area (Å²) in [6.07, 6.45) is 0. The Labute approximate surface area is 272 Å². The standard InChI is InChI=1S/C44H28N2O/c1-4-14-29(15-5-1)32-20-12-21-33(26-32)38-27-41-42(35-23-11-10-22-34(35)38)36-24-13-25-37(43(36)47-41)44-45-39(30-16-6-2-7-17-30)28-40(46-44)31-18-8-3-9-19-31/h1-28H. The minimum Gasteiger partial charge on any atom is -0.455 e. The maximum Gasteiger partial charge on any atom is 0.164 e. The second-order valence-corrected chi connectivity index (χ2v) is 11.8. The molecule has 0 aliphatic heterocycles. The summed E-state index contributed by atoms with van der Waals surface area (Å²) >= 11 is 0. The van der Waals surface area contributed by atoms with Crippen molar-refractivity contribution in [2.24, 2.45) is 0 Å². The summed E-state index contributed by atoms with van der Waals surface area (Å²) in [5.41, 5.74) is 11.0. The predicted octanol–water partition coefficient (Wildman–Crippen LogP) is 11.9. The van der Waals surface area contributed by atoms with Crippen LogP contribution in [0.25, 0.3) is 88.9 Å². The first-order valence-electron chi connectivity index (χ1n) is 15.8. The lowest BCUT2D eigenvalue weighted by Gasteiger charge is -2.10. The number of fused-ring (bicyclic) bond motifs is 5. The molecule has 0 saturated heterocycles. The molecule has 7 aromatic carbocycles. The van der Waals surface area contributed by atoms with Crippen LogP contribution in [0.1, 0.15) is 0 Å². The van der Waals surface area contributed by atoms with Crippen molar-refractivity contribution in [3.8, 4) is 56.2 Å². The Morgan fingerprint density at radius 2 is 0.894 bits per heavy atom. The number of benzene rings is 7. The van der Waals surface area contributed by atoms with Crippen molar-refractivity contribution in [3.63, 3.8) is 0 Å². The molecule has 3 heteroatoms. The van der Waals surface area contributed by atoms with Gasteiger partial charge in [0.1, 0.15) is 11.2 Å². The molecule has 0 N–H and O–H groups in total. The lowest BCUT2D eigenvalue weighted by atomic mass is 9.93. The van der Waals surface area contributed by atoms with Gasteiger partial charge < -0.3 is 4.42 Å². The second-order valence-electron chi connectivity index (χ2n) is 11.8. The third kappa shape index (κ3) is 4.77. The summed E-state index contributed by atoms with van der Waals surface area (Å²) in [5.74, 6) is 0.634. The summed E-state index contributed by atoms with van der Waals surface area (Å²) in [5, 5.41) is 4.49. The zero-order chi connectivity index (χ0) is 31.2. The third-order valence-electron chi connectivity index (χ3n) is 8.89. The van der Waals surface area contributed by atoms with Gasteiger partial charge in [-0.1, -0.05) is 146 Å². The number of para-hydroxylation sites is 1.